The first-order valence-corrected chi connectivity index (χ1v) is 7.34. The molecule has 23 heavy (non-hydrogen) atoms. The van der Waals surface area contributed by atoms with Gasteiger partial charge in [-0.15, -0.1) is 0 Å². The maximum atomic E-state index is 12.5. The molecule has 2 aromatic heterocycles. The van der Waals surface area contributed by atoms with E-state index in [9.17, 15) is 14.7 Å². The number of carboxylic acids is 1. The molecule has 0 radical (unpaired) electrons. The van der Waals surface area contributed by atoms with Crippen LogP contribution < -0.4 is 5.32 Å². The van der Waals surface area contributed by atoms with Crippen molar-refractivity contribution in [1.82, 2.24) is 14.8 Å². The average Bonchev–Trinajstić information content (AvgIpc) is 2.89. The van der Waals surface area contributed by atoms with Gasteiger partial charge in [-0.25, -0.2) is 4.98 Å². The SMILES string of the molecule is Cc1cc(NC(=O)C2C(C(=O)O)C2(C)C)n(-c2ccccn2)n1. The second-order valence-corrected chi connectivity index (χ2v) is 6.37. The van der Waals surface area contributed by atoms with Crippen molar-refractivity contribution in [2.75, 3.05) is 5.32 Å². The first-order valence-electron chi connectivity index (χ1n) is 7.34. The second-order valence-electron chi connectivity index (χ2n) is 6.37. The largest absolute Gasteiger partial charge is 0.481 e. The summed E-state index contributed by atoms with van der Waals surface area (Å²) in [5.41, 5.74) is 0.191. The summed E-state index contributed by atoms with van der Waals surface area (Å²) >= 11 is 0. The van der Waals surface area contributed by atoms with Gasteiger partial charge in [-0.3, -0.25) is 9.59 Å². The van der Waals surface area contributed by atoms with E-state index >= 15 is 0 Å². The fraction of sp³-hybridized carbons (Fsp3) is 0.375. The molecule has 2 unspecified atom stereocenters. The maximum absolute atomic E-state index is 12.5. The van der Waals surface area contributed by atoms with Crippen LogP contribution in [-0.4, -0.2) is 31.7 Å². The molecule has 0 spiro atoms. The Labute approximate surface area is 133 Å². The Morgan fingerprint density at radius 1 is 1.30 bits per heavy atom. The van der Waals surface area contributed by atoms with Gasteiger partial charge in [0.15, 0.2) is 5.82 Å². The van der Waals surface area contributed by atoms with Gasteiger partial charge in [-0.05, 0) is 24.5 Å². The topological polar surface area (TPSA) is 97.1 Å². The van der Waals surface area contributed by atoms with Crippen LogP contribution in [0.15, 0.2) is 30.5 Å². The van der Waals surface area contributed by atoms with E-state index in [2.05, 4.69) is 15.4 Å². The van der Waals surface area contributed by atoms with Crippen molar-refractivity contribution in [2.45, 2.75) is 20.8 Å². The Kier molecular flexibility index (Phi) is 3.43. The molecule has 7 heteroatoms. The molecule has 7 nitrogen and oxygen atoms in total. The zero-order valence-electron chi connectivity index (χ0n) is 13.1. The van der Waals surface area contributed by atoms with Crippen molar-refractivity contribution in [2.24, 2.45) is 17.3 Å². The van der Waals surface area contributed by atoms with E-state index < -0.39 is 23.2 Å². The molecule has 1 fully saturated rings. The summed E-state index contributed by atoms with van der Waals surface area (Å²) in [5.74, 6) is -1.38. The Bertz CT molecular complexity index is 767. The molecule has 1 aliphatic carbocycles. The van der Waals surface area contributed by atoms with Crippen LogP contribution in [0.3, 0.4) is 0 Å². The fourth-order valence-electron chi connectivity index (χ4n) is 3.03. The highest BCUT2D eigenvalue weighted by Gasteiger charge is 2.66. The predicted octanol–water partition coefficient (Wildman–Crippen LogP) is 1.87. The van der Waals surface area contributed by atoms with E-state index in [4.69, 9.17) is 0 Å². The van der Waals surface area contributed by atoms with Gasteiger partial charge in [0.1, 0.15) is 5.82 Å². The van der Waals surface area contributed by atoms with Gasteiger partial charge in [0.25, 0.3) is 0 Å². The lowest BCUT2D eigenvalue weighted by molar-refractivity contribution is -0.140. The number of carboxylic acid groups (broad SMARTS) is 1. The minimum Gasteiger partial charge on any atom is -0.481 e. The Morgan fingerprint density at radius 3 is 2.61 bits per heavy atom. The average molecular weight is 314 g/mol. The van der Waals surface area contributed by atoms with E-state index in [1.165, 1.54) is 0 Å². The zero-order valence-corrected chi connectivity index (χ0v) is 13.1. The van der Waals surface area contributed by atoms with Gasteiger partial charge < -0.3 is 10.4 Å². The Hall–Kier alpha value is -2.70. The molecule has 1 amide bonds. The van der Waals surface area contributed by atoms with Crippen LogP contribution in [0.1, 0.15) is 19.5 Å². The summed E-state index contributed by atoms with van der Waals surface area (Å²) in [6.45, 7) is 5.39. The summed E-state index contributed by atoms with van der Waals surface area (Å²) in [4.78, 5) is 27.9. The van der Waals surface area contributed by atoms with Crippen LogP contribution in [0.5, 0.6) is 0 Å². The molecule has 0 bridgehead atoms. The van der Waals surface area contributed by atoms with Gasteiger partial charge in [0, 0.05) is 12.3 Å². The molecule has 2 aromatic rings. The number of carbonyl (C=O) groups is 2. The number of nitrogens with zero attached hydrogens (tertiary/aromatic N) is 3. The first-order chi connectivity index (χ1) is 10.8. The monoisotopic (exact) mass is 314 g/mol. The number of hydrogen-bond donors (Lipinski definition) is 2. The fourth-order valence-corrected chi connectivity index (χ4v) is 3.03. The highest BCUT2D eigenvalue weighted by molar-refractivity contribution is 5.99. The van der Waals surface area contributed by atoms with Crippen molar-refractivity contribution in [1.29, 1.82) is 0 Å². The summed E-state index contributed by atoms with van der Waals surface area (Å²) in [6, 6.07) is 7.14. The maximum Gasteiger partial charge on any atom is 0.307 e. The van der Waals surface area contributed by atoms with Crippen molar-refractivity contribution < 1.29 is 14.7 Å². The minimum atomic E-state index is -0.940. The van der Waals surface area contributed by atoms with Gasteiger partial charge in [0.05, 0.1) is 17.5 Å². The lowest BCUT2D eigenvalue weighted by atomic mass is 10.1. The number of aryl methyl sites for hydroxylation is 1. The van der Waals surface area contributed by atoms with Gasteiger partial charge in [-0.1, -0.05) is 19.9 Å². The number of amides is 1. The number of hydrogen-bond acceptors (Lipinski definition) is 4. The van der Waals surface area contributed by atoms with Crippen molar-refractivity contribution in [3.8, 4) is 5.82 Å². The number of aliphatic carboxylic acids is 1. The van der Waals surface area contributed by atoms with Crippen LogP contribution in [0.25, 0.3) is 5.82 Å². The molecule has 2 heterocycles. The molecule has 1 aliphatic rings. The highest BCUT2D eigenvalue weighted by Crippen LogP contribution is 2.58. The second kappa shape index (κ2) is 5.19. The number of aromatic nitrogens is 3. The number of rotatable bonds is 4. The Balaban J connectivity index is 1.85. The van der Waals surface area contributed by atoms with Crippen LogP contribution in [0, 0.1) is 24.2 Å². The third-order valence-electron chi connectivity index (χ3n) is 4.32. The smallest absolute Gasteiger partial charge is 0.307 e. The molecule has 0 aromatic carbocycles. The van der Waals surface area contributed by atoms with Crippen molar-refractivity contribution in [3.05, 3.63) is 36.2 Å². The number of nitrogens with one attached hydrogen (secondary N) is 1. The summed E-state index contributed by atoms with van der Waals surface area (Å²) in [6.07, 6.45) is 1.64. The van der Waals surface area contributed by atoms with Crippen LogP contribution in [0.2, 0.25) is 0 Å². The molecular weight excluding hydrogens is 296 g/mol. The lowest BCUT2D eigenvalue weighted by Crippen LogP contribution is -2.20. The predicted molar refractivity (Wildman–Crippen MR) is 83.1 cm³/mol. The minimum absolute atomic E-state index is 0.306. The summed E-state index contributed by atoms with van der Waals surface area (Å²) in [7, 11) is 0. The van der Waals surface area contributed by atoms with Crippen molar-refractivity contribution >= 4 is 17.7 Å². The van der Waals surface area contributed by atoms with E-state index in [1.54, 1.807) is 42.9 Å². The normalized spacial score (nSPS) is 21.7. The molecule has 0 aliphatic heterocycles. The van der Waals surface area contributed by atoms with Gasteiger partial charge in [0.2, 0.25) is 5.91 Å². The molecule has 2 atom stereocenters. The number of pyridine rings is 1. The van der Waals surface area contributed by atoms with E-state index in [-0.39, 0.29) is 5.91 Å². The molecular formula is C16H18N4O3. The number of carbonyl (C=O) groups excluding carboxylic acids is 1. The third kappa shape index (κ3) is 2.58. The zero-order chi connectivity index (χ0) is 16.8. The van der Waals surface area contributed by atoms with E-state index in [0.29, 0.717) is 11.6 Å². The van der Waals surface area contributed by atoms with Crippen molar-refractivity contribution in [3.63, 3.8) is 0 Å². The molecule has 0 saturated heterocycles. The number of anilines is 1. The first kappa shape index (κ1) is 15.2. The quantitative estimate of drug-likeness (QED) is 0.898. The summed E-state index contributed by atoms with van der Waals surface area (Å²) < 4.78 is 1.54. The molecule has 2 N–H and O–H groups in total. The third-order valence-corrected chi connectivity index (χ3v) is 4.32. The highest BCUT2D eigenvalue weighted by atomic mass is 16.4. The van der Waals surface area contributed by atoms with Crippen LogP contribution >= 0.6 is 0 Å². The lowest BCUT2D eigenvalue weighted by Gasteiger charge is -2.08. The van der Waals surface area contributed by atoms with Gasteiger partial charge in [-0.2, -0.15) is 9.78 Å². The molecule has 120 valence electrons. The Morgan fingerprint density at radius 2 is 2.04 bits per heavy atom. The van der Waals surface area contributed by atoms with E-state index in [1.807, 2.05) is 13.0 Å². The van der Waals surface area contributed by atoms with Crippen LogP contribution in [0.4, 0.5) is 5.82 Å². The summed E-state index contributed by atoms with van der Waals surface area (Å²) in [5, 5.41) is 16.3. The molecule has 1 saturated carbocycles. The molecule has 3 rings (SSSR count). The standard InChI is InChI=1S/C16H18N4O3/c1-9-8-11(20(19-9)10-6-4-5-7-17-10)18-14(21)12-13(15(22)23)16(12,2)3/h4-8,12-13H,1-3H3,(H,18,21)(H,22,23). The van der Waals surface area contributed by atoms with E-state index in [0.717, 1.165) is 5.69 Å². The van der Waals surface area contributed by atoms with Crippen LogP contribution in [-0.2, 0) is 9.59 Å². The van der Waals surface area contributed by atoms with Gasteiger partial charge >= 0.3 is 5.97 Å².